The van der Waals surface area contributed by atoms with Gasteiger partial charge in [-0.05, 0) is 25.0 Å². The molecule has 2 heterocycles. The molecule has 0 spiro atoms. The molecule has 1 saturated heterocycles. The van der Waals surface area contributed by atoms with Crippen molar-refractivity contribution in [1.29, 1.82) is 0 Å². The fraction of sp³-hybridized carbons (Fsp3) is 0.500. The summed E-state index contributed by atoms with van der Waals surface area (Å²) in [5, 5.41) is 0.951. The molecule has 1 unspecified atom stereocenters. The zero-order valence-corrected chi connectivity index (χ0v) is 15.5. The monoisotopic (exact) mass is 371 g/mol. The van der Waals surface area contributed by atoms with E-state index in [0.717, 1.165) is 42.8 Å². The number of aromatic nitrogens is 2. The molecule has 3 rings (SSSR count). The number of benzene rings is 1. The second-order valence-corrected chi connectivity index (χ2v) is 8.62. The maximum atomic E-state index is 12.5. The van der Waals surface area contributed by atoms with Crippen LogP contribution in [0.1, 0.15) is 26.7 Å². The lowest BCUT2D eigenvalue weighted by atomic mass is 10.0. The van der Waals surface area contributed by atoms with Crippen molar-refractivity contribution >= 4 is 50.9 Å². The Morgan fingerprint density at radius 1 is 1.22 bits per heavy atom. The molecule has 1 fully saturated rings. The van der Waals surface area contributed by atoms with E-state index in [4.69, 9.17) is 23.2 Å². The van der Waals surface area contributed by atoms with Crippen LogP contribution in [0.5, 0.6) is 0 Å². The first-order valence-corrected chi connectivity index (χ1v) is 9.82. The van der Waals surface area contributed by atoms with Gasteiger partial charge in [0.2, 0.25) is 0 Å². The Morgan fingerprint density at radius 3 is 2.52 bits per heavy atom. The quantitative estimate of drug-likeness (QED) is 0.815. The highest BCUT2D eigenvalue weighted by Crippen LogP contribution is 2.32. The summed E-state index contributed by atoms with van der Waals surface area (Å²) in [6.45, 7) is 5.70. The van der Waals surface area contributed by atoms with Gasteiger partial charge in [0.25, 0.3) is 0 Å². The molecule has 4 nitrogen and oxygen atoms in total. The Balaban J connectivity index is 1.97. The molecule has 0 amide bonds. The Hall–Kier alpha value is -0.910. The second kappa shape index (κ2) is 6.54. The Bertz CT molecular complexity index is 764. The first-order valence-electron chi connectivity index (χ1n) is 7.74. The van der Waals surface area contributed by atoms with Crippen LogP contribution in [-0.4, -0.2) is 37.8 Å². The second-order valence-electron chi connectivity index (χ2n) is 5.84. The van der Waals surface area contributed by atoms with Gasteiger partial charge in [-0.15, -0.1) is 0 Å². The first-order chi connectivity index (χ1) is 11.0. The minimum Gasteiger partial charge on any atom is -0.353 e. The Labute approximate surface area is 148 Å². The van der Waals surface area contributed by atoms with Gasteiger partial charge in [-0.1, -0.05) is 37.0 Å². The topological polar surface area (TPSA) is 46.1 Å². The van der Waals surface area contributed by atoms with Crippen LogP contribution in [0.2, 0.25) is 10.0 Å². The van der Waals surface area contributed by atoms with Crippen molar-refractivity contribution in [3.05, 3.63) is 28.4 Å². The maximum Gasteiger partial charge on any atom is 0.147 e. The highest BCUT2D eigenvalue weighted by Gasteiger charge is 2.39. The fourth-order valence-corrected chi connectivity index (χ4v) is 5.13. The summed E-state index contributed by atoms with van der Waals surface area (Å²) in [6.07, 6.45) is 3.56. The Kier molecular flexibility index (Phi) is 4.81. The molecular formula is C16H19Cl2N3OS. The number of hydrogen-bond acceptors (Lipinski definition) is 4. The number of nitrogens with zero attached hydrogens (tertiary/aromatic N) is 3. The molecule has 1 aromatic heterocycles. The average Bonchev–Trinajstić information content (AvgIpc) is 2.56. The predicted octanol–water partition coefficient (Wildman–Crippen LogP) is 4.06. The van der Waals surface area contributed by atoms with Gasteiger partial charge >= 0.3 is 0 Å². The highest BCUT2D eigenvalue weighted by atomic mass is 35.5. The standard InChI is InChI=1S/C16H19Cl2N3OS/c1-3-16(4-2)10-21(5-6-23(16)22)15-9-19-13-7-11(17)12(18)8-14(13)20-15/h7-9H,3-6,10H2,1-2H3. The third-order valence-electron chi connectivity index (χ3n) is 4.69. The van der Waals surface area contributed by atoms with Crippen molar-refractivity contribution in [2.75, 3.05) is 23.7 Å². The van der Waals surface area contributed by atoms with Crippen LogP contribution in [0.4, 0.5) is 5.82 Å². The van der Waals surface area contributed by atoms with Gasteiger partial charge in [0.05, 0.1) is 32.0 Å². The summed E-state index contributed by atoms with van der Waals surface area (Å²) in [5.74, 6) is 1.47. The average molecular weight is 372 g/mol. The summed E-state index contributed by atoms with van der Waals surface area (Å²) in [6, 6.07) is 3.47. The normalized spacial score (nSPS) is 20.9. The fourth-order valence-electron chi connectivity index (χ4n) is 3.05. The summed E-state index contributed by atoms with van der Waals surface area (Å²) in [7, 11) is -0.793. The van der Waals surface area contributed by atoms with Crippen LogP contribution in [-0.2, 0) is 10.8 Å². The van der Waals surface area contributed by atoms with E-state index >= 15 is 0 Å². The molecule has 0 N–H and O–H groups in total. The van der Waals surface area contributed by atoms with Crippen molar-refractivity contribution in [3.8, 4) is 0 Å². The van der Waals surface area contributed by atoms with E-state index in [2.05, 4.69) is 28.7 Å². The van der Waals surface area contributed by atoms with E-state index in [-0.39, 0.29) is 4.75 Å². The molecule has 0 saturated carbocycles. The molecule has 0 radical (unpaired) electrons. The van der Waals surface area contributed by atoms with Crippen molar-refractivity contribution in [2.24, 2.45) is 0 Å². The molecule has 2 aromatic rings. The van der Waals surface area contributed by atoms with Crippen molar-refractivity contribution in [3.63, 3.8) is 0 Å². The predicted molar refractivity (Wildman–Crippen MR) is 98.1 cm³/mol. The zero-order valence-electron chi connectivity index (χ0n) is 13.2. The van der Waals surface area contributed by atoms with Crippen LogP contribution < -0.4 is 4.90 Å². The lowest BCUT2D eigenvalue weighted by Crippen LogP contribution is -2.53. The van der Waals surface area contributed by atoms with Crippen LogP contribution in [0, 0.1) is 0 Å². The molecule has 0 aliphatic carbocycles. The third kappa shape index (κ3) is 3.06. The van der Waals surface area contributed by atoms with Gasteiger partial charge in [0.1, 0.15) is 5.82 Å². The van der Waals surface area contributed by atoms with Crippen LogP contribution in [0.15, 0.2) is 18.3 Å². The first kappa shape index (κ1) is 16.9. The molecule has 1 aliphatic heterocycles. The number of hydrogen-bond donors (Lipinski definition) is 0. The van der Waals surface area contributed by atoms with Gasteiger partial charge < -0.3 is 4.90 Å². The number of rotatable bonds is 3. The van der Waals surface area contributed by atoms with Gasteiger partial charge in [-0.3, -0.25) is 9.19 Å². The summed E-state index contributed by atoms with van der Waals surface area (Å²) >= 11 is 12.1. The molecular weight excluding hydrogens is 353 g/mol. The molecule has 1 atom stereocenters. The van der Waals surface area contributed by atoms with Crippen LogP contribution >= 0.6 is 23.2 Å². The van der Waals surface area contributed by atoms with Gasteiger partial charge in [-0.2, -0.15) is 0 Å². The van der Waals surface area contributed by atoms with Crippen molar-refractivity contribution in [1.82, 2.24) is 9.97 Å². The summed E-state index contributed by atoms with van der Waals surface area (Å²) in [4.78, 5) is 11.3. The van der Waals surface area contributed by atoms with Crippen LogP contribution in [0.25, 0.3) is 11.0 Å². The number of anilines is 1. The molecule has 1 aliphatic rings. The summed E-state index contributed by atoms with van der Waals surface area (Å²) < 4.78 is 12.3. The van der Waals surface area contributed by atoms with Gasteiger partial charge in [0.15, 0.2) is 0 Å². The smallest absolute Gasteiger partial charge is 0.147 e. The molecule has 1 aromatic carbocycles. The molecule has 23 heavy (non-hydrogen) atoms. The van der Waals surface area contributed by atoms with E-state index in [9.17, 15) is 4.21 Å². The van der Waals surface area contributed by atoms with Crippen molar-refractivity contribution < 1.29 is 4.21 Å². The molecule has 7 heteroatoms. The lowest BCUT2D eigenvalue weighted by Gasteiger charge is -2.41. The highest BCUT2D eigenvalue weighted by molar-refractivity contribution is 7.86. The van der Waals surface area contributed by atoms with Crippen molar-refractivity contribution in [2.45, 2.75) is 31.4 Å². The summed E-state index contributed by atoms with van der Waals surface area (Å²) in [5.41, 5.74) is 1.45. The minimum absolute atomic E-state index is 0.160. The molecule has 124 valence electrons. The SMILES string of the molecule is CCC1(CC)CN(c2cnc3cc(Cl)c(Cl)cc3n2)CCS1=O. The third-order valence-corrected chi connectivity index (χ3v) is 7.64. The van der Waals surface area contributed by atoms with E-state index in [1.165, 1.54) is 0 Å². The largest absolute Gasteiger partial charge is 0.353 e. The number of fused-ring (bicyclic) bond motifs is 1. The Morgan fingerprint density at radius 2 is 1.87 bits per heavy atom. The van der Waals surface area contributed by atoms with Crippen LogP contribution in [0.3, 0.4) is 0 Å². The van der Waals surface area contributed by atoms with E-state index in [1.54, 1.807) is 18.3 Å². The van der Waals surface area contributed by atoms with Gasteiger partial charge in [-0.25, -0.2) is 4.98 Å². The minimum atomic E-state index is -0.793. The van der Waals surface area contributed by atoms with E-state index in [1.807, 2.05) is 0 Å². The number of halogens is 2. The lowest BCUT2D eigenvalue weighted by molar-refractivity contribution is 0.494. The zero-order chi connectivity index (χ0) is 16.6. The van der Waals surface area contributed by atoms with E-state index in [0.29, 0.717) is 15.8 Å². The maximum absolute atomic E-state index is 12.5. The van der Waals surface area contributed by atoms with E-state index < -0.39 is 10.8 Å². The molecule has 0 bridgehead atoms. The van der Waals surface area contributed by atoms with Gasteiger partial charge in [0, 0.05) is 29.6 Å².